The predicted octanol–water partition coefficient (Wildman–Crippen LogP) is 0.153. The summed E-state index contributed by atoms with van der Waals surface area (Å²) in [6.07, 6.45) is 10.8. The van der Waals surface area contributed by atoms with Crippen LogP contribution in [0.5, 0.6) is 0 Å². The molecule has 0 unspecified atom stereocenters. The number of aliphatic hydroxyl groups excluding tert-OH is 4. The van der Waals surface area contributed by atoms with Gasteiger partial charge in [-0.1, -0.05) is 29.8 Å². The van der Waals surface area contributed by atoms with E-state index >= 15 is 0 Å². The average molecular weight is 1960 g/mol. The summed E-state index contributed by atoms with van der Waals surface area (Å²) in [4.78, 5) is 106. The molecular formula is C65H76Br5ClN36NaO7P. The molecule has 0 aliphatic carbocycles. The molecule has 0 aliphatic heterocycles. The third-order valence-corrected chi connectivity index (χ3v) is 25.6. The number of hydrogen-bond acceptors (Lipinski definition) is 43. The molecule has 3 aromatic carbocycles. The van der Waals surface area contributed by atoms with Crippen LogP contribution in [-0.2, 0) is 47.7 Å². The number of nitrogens with two attached hydrogens (primary N) is 12. The molecule has 43 nitrogen and oxygen atoms in total. The number of anilines is 12. The second-order valence-corrected chi connectivity index (χ2v) is 37.0. The van der Waals surface area contributed by atoms with Gasteiger partial charge in [0, 0.05) is 11.9 Å². The van der Waals surface area contributed by atoms with E-state index in [2.05, 4.69) is 262 Å². The van der Waals surface area contributed by atoms with Gasteiger partial charge in [0.25, 0.3) is 6.47 Å². The number of aliphatic hydroxyl groups is 4. The summed E-state index contributed by atoms with van der Waals surface area (Å²) in [5.41, 5.74) is 74.6. The molecular weight excluding hydrogens is 1890 g/mol. The van der Waals surface area contributed by atoms with Crippen LogP contribution in [0.1, 0.15) is 54.9 Å². The molecule has 15 rings (SSSR count). The molecule has 12 heterocycles. The standard InChI is InChI=1S/C18H15Br2P.2C8H10N6.C7H7BrN6.3C7H8N6O.C2H6O.CH2O3.2BrH.ClH.Na/c19-21(20,16-10-4-1-5-11-16,17-12-6-2-7-13-17)18-14-8-3-9-15-18;2*1-2-4-3-11-7-5(12-4)6(9)13-8(10)14-7;8-1-3-2-11-6-4(12-3)5(9)13-7(10)14-6;3*8-5-4-6(13-7(9)12-5)10-1-3(2-14)11-4;1-2-3;2-1-4-3;;;;/h1-15H;2*3H,2H2,1H3,(H4,9,10,11,13,14);2H,1H2,(H4,9,10,11,13,14);3*1,14H,2H2,(H4,8,9,10,12,13);3H,2H2,1H3;1,3H;3*1H;/q;;;;;;;;;;;;+1/p-1. The maximum absolute atomic E-state index is 8.83. The van der Waals surface area contributed by atoms with Crippen molar-refractivity contribution in [3.63, 3.8) is 0 Å². The van der Waals surface area contributed by atoms with Crippen LogP contribution in [0.2, 0.25) is 0 Å². The Hall–Kier alpha value is -10.8. The van der Waals surface area contributed by atoms with E-state index in [0.29, 0.717) is 89.4 Å². The Bertz CT molecular complexity index is 4880. The average Bonchev–Trinajstić information content (AvgIpc) is 0.716. The fourth-order valence-corrected chi connectivity index (χ4v) is 16.6. The van der Waals surface area contributed by atoms with Gasteiger partial charge >= 0.3 is 171 Å². The van der Waals surface area contributed by atoms with Crippen molar-refractivity contribution in [2.45, 2.75) is 58.8 Å². The van der Waals surface area contributed by atoms with E-state index in [1.165, 1.54) is 34.5 Å². The van der Waals surface area contributed by atoms with Crippen LogP contribution in [0.4, 0.5) is 70.6 Å². The van der Waals surface area contributed by atoms with Crippen LogP contribution >= 0.6 is 97.3 Å². The van der Waals surface area contributed by atoms with Gasteiger partial charge in [-0.3, -0.25) is 4.79 Å². The predicted molar refractivity (Wildman–Crippen MR) is 464 cm³/mol. The van der Waals surface area contributed by atoms with E-state index in [4.69, 9.17) is 99.3 Å². The number of benzene rings is 3. The van der Waals surface area contributed by atoms with E-state index in [-0.39, 0.29) is 179 Å². The number of aryl methyl sites for hydroxylation is 2. The van der Waals surface area contributed by atoms with Gasteiger partial charge in [-0.2, -0.15) is 59.8 Å². The summed E-state index contributed by atoms with van der Waals surface area (Å²) in [6.45, 7) is 5.13. The van der Waals surface area contributed by atoms with Crippen molar-refractivity contribution >= 4 is 257 Å². The van der Waals surface area contributed by atoms with Crippen LogP contribution in [-0.4, -0.2) is 153 Å². The van der Waals surface area contributed by atoms with Crippen LogP contribution in [0, 0.1) is 0 Å². The number of fused-ring (bicyclic) bond motifs is 6. The fraction of sp³-hybridized carbons (Fsp3) is 0.154. The molecule has 0 atom stereocenters. The van der Waals surface area contributed by atoms with Crippen molar-refractivity contribution in [2.24, 2.45) is 0 Å². The third-order valence-electron chi connectivity index (χ3n) is 14.0. The number of nitrogens with zero attached hydrogens (tertiary/aromatic N) is 24. The molecule has 15 aromatic rings. The van der Waals surface area contributed by atoms with Crippen molar-refractivity contribution in [2.75, 3.05) is 75.4 Å². The summed E-state index contributed by atoms with van der Waals surface area (Å²) >= 11 is 11.6. The second-order valence-electron chi connectivity index (χ2n) is 21.7. The molecule has 0 amide bonds. The molecule has 116 heavy (non-hydrogen) atoms. The smallest absolute Gasteiger partial charge is 0.662 e. The Morgan fingerprint density at radius 1 is 0.353 bits per heavy atom. The number of alkyl halides is 1. The molecule has 606 valence electrons. The van der Waals surface area contributed by atoms with E-state index in [1.807, 2.05) is 13.8 Å². The Labute approximate surface area is 732 Å². The number of halogens is 6. The maximum atomic E-state index is 8.83. The van der Waals surface area contributed by atoms with Crippen molar-refractivity contribution in [1.82, 2.24) is 120 Å². The van der Waals surface area contributed by atoms with Crippen LogP contribution in [0.3, 0.4) is 0 Å². The molecule has 51 heteroatoms. The summed E-state index contributed by atoms with van der Waals surface area (Å²) < 4.78 is -2.75. The number of nitrogen functional groups attached to an aromatic ring is 12. The molecule has 0 aliphatic rings. The zero-order valence-corrected chi connectivity index (χ0v) is 73.5. The largest absolute Gasteiger partial charge is 1.00 e. The molecule has 0 saturated carbocycles. The maximum Gasteiger partial charge on any atom is 1.00 e. The Balaban J connectivity index is 0.000000345. The van der Waals surface area contributed by atoms with Gasteiger partial charge in [-0.05, 0) is 19.8 Å². The third kappa shape index (κ3) is 26.9. The first-order valence-electron chi connectivity index (χ1n) is 32.3. The van der Waals surface area contributed by atoms with Crippen LogP contribution < -0.4 is 120 Å². The first-order chi connectivity index (χ1) is 53.7. The topological polar surface area (TPSA) is 752 Å². The summed E-state index contributed by atoms with van der Waals surface area (Å²) in [7, 11) is 0. The van der Waals surface area contributed by atoms with Gasteiger partial charge in [0.05, 0.1) is 91.2 Å². The van der Waals surface area contributed by atoms with Gasteiger partial charge in [-0.15, -0.1) is 46.4 Å². The minimum Gasteiger partial charge on any atom is -0.662 e. The number of hydrogen-bond donors (Lipinski definition) is 16. The quantitative estimate of drug-likeness (QED) is 0.0216. The monoisotopic (exact) mass is 1960 g/mol. The van der Waals surface area contributed by atoms with E-state index in [1.54, 1.807) is 25.5 Å². The summed E-state index contributed by atoms with van der Waals surface area (Å²) in [5, 5.41) is 46.9. The first kappa shape index (κ1) is 99.4. The van der Waals surface area contributed by atoms with Crippen LogP contribution in [0.15, 0.2) is 128 Å². The second kappa shape index (κ2) is 47.9. The van der Waals surface area contributed by atoms with Gasteiger partial charge in [0.1, 0.15) is 0 Å². The Kier molecular flexibility index (Phi) is 41.0. The normalized spacial score (nSPS) is 10.5. The SMILES string of the molecule is Br.Br.BrP(Br)(c1ccccc1)(c1ccccc1)c1ccccc1.CCO.CCc1cnc2nc(N)nc(N)c2n1.CCc1cnc2nc(N)nc(N)c2n1.Cl.Nc1nc(N)c2nc(CBr)cnc2n1.Nc1nc(N)c2nc(CO)cnc2n1.Nc1nc(N)c2nc(CO)cnc2n1.Nc1nc(N)c2nc(CO)cnc2n1.O=CO[O-].[Na+]. The molecule has 0 fully saturated rings. The summed E-state index contributed by atoms with van der Waals surface area (Å²) in [5.74, 6) is 1.80. The molecule has 0 radical (unpaired) electrons. The van der Waals surface area contributed by atoms with Crippen molar-refractivity contribution < 1.29 is 64.9 Å². The van der Waals surface area contributed by atoms with E-state index in [9.17, 15) is 0 Å². The molecule has 12 aromatic heterocycles. The van der Waals surface area contributed by atoms with Crippen molar-refractivity contribution in [1.29, 1.82) is 0 Å². The van der Waals surface area contributed by atoms with Gasteiger partial charge < -0.3 is 99.4 Å². The van der Waals surface area contributed by atoms with Gasteiger partial charge in [-0.25, -0.2) is 59.8 Å². The molecule has 0 saturated heterocycles. The van der Waals surface area contributed by atoms with Crippen LogP contribution in [0.25, 0.3) is 67.0 Å². The Morgan fingerprint density at radius 2 is 0.534 bits per heavy atom. The molecule has 0 spiro atoms. The van der Waals surface area contributed by atoms with E-state index in [0.717, 1.165) is 29.9 Å². The molecule has 0 bridgehead atoms. The van der Waals surface area contributed by atoms with Gasteiger partial charge in [0.15, 0.2) is 102 Å². The zero-order chi connectivity index (χ0) is 81.7. The Morgan fingerprint density at radius 3 is 0.716 bits per heavy atom. The number of carbonyl (C=O) groups excluding carboxylic acids is 1. The summed E-state index contributed by atoms with van der Waals surface area (Å²) in [6, 6.07) is 31.8. The minimum atomic E-state index is -2.75. The minimum absolute atomic E-state index is 0. The van der Waals surface area contributed by atoms with Crippen molar-refractivity contribution in [3.05, 3.63) is 162 Å². The number of aromatic nitrogens is 24. The van der Waals surface area contributed by atoms with Crippen molar-refractivity contribution in [3.8, 4) is 0 Å². The fourth-order valence-electron chi connectivity index (χ4n) is 9.05. The number of carbonyl (C=O) groups is 1. The zero-order valence-electron chi connectivity index (χ0n) is 61.6. The van der Waals surface area contributed by atoms with Gasteiger partial charge in [0.2, 0.25) is 35.7 Å². The first-order valence-corrected chi connectivity index (χ1v) is 39.7. The van der Waals surface area contributed by atoms with E-state index < -0.39 is 4.01 Å². The molecule has 28 N–H and O–H groups in total. The number of rotatable bonds is 10.